The van der Waals surface area contributed by atoms with Crippen LogP contribution >= 0.6 is 23.2 Å². The highest BCUT2D eigenvalue weighted by molar-refractivity contribution is 6.35. The molecule has 1 aromatic rings. The lowest BCUT2D eigenvalue weighted by molar-refractivity contribution is 0.185. The summed E-state index contributed by atoms with van der Waals surface area (Å²) in [6.07, 6.45) is 5.32. The smallest absolute Gasteiger partial charge is 0.0465 e. The van der Waals surface area contributed by atoms with Crippen molar-refractivity contribution in [1.82, 2.24) is 9.80 Å². The zero-order valence-electron chi connectivity index (χ0n) is 11.8. The van der Waals surface area contributed by atoms with Crippen LogP contribution in [-0.2, 0) is 6.54 Å². The first-order valence-electron chi connectivity index (χ1n) is 7.63. The molecule has 20 heavy (non-hydrogen) atoms. The topological polar surface area (TPSA) is 6.48 Å². The van der Waals surface area contributed by atoms with Crippen LogP contribution < -0.4 is 0 Å². The Balaban J connectivity index is 1.66. The van der Waals surface area contributed by atoms with Gasteiger partial charge >= 0.3 is 0 Å². The number of nitrogens with zero attached hydrogens (tertiary/aromatic N) is 2. The first-order chi connectivity index (χ1) is 9.74. The Bertz CT molecular complexity index is 438. The average molecular weight is 313 g/mol. The predicted octanol–water partition coefficient (Wildman–Crippen LogP) is 4.05. The fourth-order valence-corrected chi connectivity index (χ4v) is 3.98. The van der Waals surface area contributed by atoms with E-state index >= 15 is 0 Å². The van der Waals surface area contributed by atoms with E-state index in [1.165, 1.54) is 51.9 Å². The number of halogens is 2. The molecule has 110 valence electrons. The Morgan fingerprint density at radius 2 is 1.70 bits per heavy atom. The fourth-order valence-electron chi connectivity index (χ4n) is 3.46. The van der Waals surface area contributed by atoms with E-state index in [9.17, 15) is 0 Å². The van der Waals surface area contributed by atoms with Gasteiger partial charge in [-0.15, -0.1) is 0 Å². The summed E-state index contributed by atoms with van der Waals surface area (Å²) in [5, 5.41) is 1.59. The quantitative estimate of drug-likeness (QED) is 0.827. The number of hydrogen-bond donors (Lipinski definition) is 0. The molecule has 1 atom stereocenters. The molecule has 2 heterocycles. The van der Waals surface area contributed by atoms with Crippen LogP contribution in [0.15, 0.2) is 18.2 Å². The molecule has 2 fully saturated rings. The van der Waals surface area contributed by atoms with Crippen LogP contribution in [0, 0.1) is 0 Å². The normalized spacial score (nSPS) is 24.6. The van der Waals surface area contributed by atoms with E-state index in [1.54, 1.807) is 0 Å². The molecule has 4 heteroatoms. The second-order valence-corrected chi connectivity index (χ2v) is 6.79. The summed E-state index contributed by atoms with van der Waals surface area (Å²) in [7, 11) is 0. The van der Waals surface area contributed by atoms with Crippen molar-refractivity contribution in [3.05, 3.63) is 33.8 Å². The Morgan fingerprint density at radius 1 is 1.00 bits per heavy atom. The molecule has 3 rings (SSSR count). The summed E-state index contributed by atoms with van der Waals surface area (Å²) in [6.45, 7) is 5.81. The summed E-state index contributed by atoms with van der Waals surface area (Å²) in [6, 6.07) is 6.46. The summed E-state index contributed by atoms with van der Waals surface area (Å²) < 4.78 is 0. The van der Waals surface area contributed by atoms with Crippen molar-refractivity contribution >= 4 is 23.2 Å². The van der Waals surface area contributed by atoms with Gasteiger partial charge in [0, 0.05) is 34.7 Å². The first kappa shape index (κ1) is 14.6. The molecule has 0 bridgehead atoms. The predicted molar refractivity (Wildman–Crippen MR) is 85.6 cm³/mol. The minimum atomic E-state index is 0.667. The van der Waals surface area contributed by atoms with Gasteiger partial charge in [-0.1, -0.05) is 29.3 Å². The van der Waals surface area contributed by atoms with Gasteiger partial charge in [-0.05, 0) is 57.5 Å². The van der Waals surface area contributed by atoms with E-state index in [2.05, 4.69) is 9.80 Å². The van der Waals surface area contributed by atoms with Crippen molar-refractivity contribution in [2.45, 2.75) is 38.3 Å². The van der Waals surface area contributed by atoms with Crippen molar-refractivity contribution in [3.63, 3.8) is 0 Å². The molecule has 2 saturated heterocycles. The molecule has 0 amide bonds. The van der Waals surface area contributed by atoms with Gasteiger partial charge in [0.15, 0.2) is 0 Å². The van der Waals surface area contributed by atoms with Gasteiger partial charge in [0.2, 0.25) is 0 Å². The summed E-state index contributed by atoms with van der Waals surface area (Å²) in [4.78, 5) is 5.17. The second-order valence-electron chi connectivity index (χ2n) is 5.97. The molecule has 0 saturated carbocycles. The third-order valence-corrected chi connectivity index (χ3v) is 5.30. The van der Waals surface area contributed by atoms with Crippen LogP contribution in [-0.4, -0.2) is 42.0 Å². The standard InChI is InChI=1S/C16H22Cl2N2/c17-15-6-3-7-16(18)14(15)12-20-10-4-5-13(20)11-19-8-1-2-9-19/h3,6-7,13H,1-2,4-5,8-12H2. The maximum absolute atomic E-state index is 6.30. The van der Waals surface area contributed by atoms with E-state index in [4.69, 9.17) is 23.2 Å². The third-order valence-electron chi connectivity index (χ3n) is 4.59. The Kier molecular flexibility index (Phi) is 4.87. The maximum atomic E-state index is 6.30. The molecule has 2 nitrogen and oxygen atoms in total. The fraction of sp³-hybridized carbons (Fsp3) is 0.625. The van der Waals surface area contributed by atoms with Gasteiger partial charge in [0.1, 0.15) is 0 Å². The number of benzene rings is 1. The van der Waals surface area contributed by atoms with Crippen LogP contribution in [0.3, 0.4) is 0 Å². The molecule has 0 aromatic heterocycles. The molecule has 2 aliphatic rings. The molecule has 0 spiro atoms. The minimum absolute atomic E-state index is 0.667. The highest BCUT2D eigenvalue weighted by Crippen LogP contribution is 2.29. The average Bonchev–Trinajstić information content (AvgIpc) is 3.07. The van der Waals surface area contributed by atoms with Crippen molar-refractivity contribution < 1.29 is 0 Å². The molecular formula is C16H22Cl2N2. The Hall–Kier alpha value is -0.280. The van der Waals surface area contributed by atoms with E-state index in [1.807, 2.05) is 18.2 Å². The van der Waals surface area contributed by atoms with Crippen LogP contribution in [0.2, 0.25) is 10.0 Å². The second kappa shape index (κ2) is 6.65. The van der Waals surface area contributed by atoms with Crippen LogP contribution in [0.1, 0.15) is 31.2 Å². The number of likely N-dealkylation sites (tertiary alicyclic amines) is 2. The van der Waals surface area contributed by atoms with Crippen LogP contribution in [0.25, 0.3) is 0 Å². The van der Waals surface area contributed by atoms with Gasteiger partial charge in [-0.3, -0.25) is 4.90 Å². The highest BCUT2D eigenvalue weighted by atomic mass is 35.5. The number of hydrogen-bond acceptors (Lipinski definition) is 2. The van der Waals surface area contributed by atoms with Gasteiger partial charge < -0.3 is 4.90 Å². The third kappa shape index (κ3) is 3.30. The Morgan fingerprint density at radius 3 is 2.40 bits per heavy atom. The zero-order chi connectivity index (χ0) is 13.9. The summed E-state index contributed by atoms with van der Waals surface area (Å²) in [5.74, 6) is 0. The lowest BCUT2D eigenvalue weighted by atomic mass is 10.1. The van der Waals surface area contributed by atoms with Crippen molar-refractivity contribution in [2.24, 2.45) is 0 Å². The molecule has 0 radical (unpaired) electrons. The van der Waals surface area contributed by atoms with Crippen molar-refractivity contribution in [1.29, 1.82) is 0 Å². The van der Waals surface area contributed by atoms with E-state index in [0.29, 0.717) is 6.04 Å². The molecule has 2 aliphatic heterocycles. The van der Waals surface area contributed by atoms with E-state index in [-0.39, 0.29) is 0 Å². The van der Waals surface area contributed by atoms with Gasteiger partial charge in [-0.25, -0.2) is 0 Å². The van der Waals surface area contributed by atoms with Gasteiger partial charge in [0.05, 0.1) is 0 Å². The van der Waals surface area contributed by atoms with Crippen molar-refractivity contribution in [2.75, 3.05) is 26.2 Å². The van der Waals surface area contributed by atoms with Crippen molar-refractivity contribution in [3.8, 4) is 0 Å². The van der Waals surface area contributed by atoms with Gasteiger partial charge in [0.25, 0.3) is 0 Å². The molecular weight excluding hydrogens is 291 g/mol. The van der Waals surface area contributed by atoms with E-state index < -0.39 is 0 Å². The highest BCUT2D eigenvalue weighted by Gasteiger charge is 2.28. The zero-order valence-corrected chi connectivity index (χ0v) is 13.3. The largest absolute Gasteiger partial charge is 0.302 e. The Labute approximate surface area is 131 Å². The summed E-state index contributed by atoms with van der Waals surface area (Å²) >= 11 is 12.6. The minimum Gasteiger partial charge on any atom is -0.302 e. The van der Waals surface area contributed by atoms with Gasteiger partial charge in [-0.2, -0.15) is 0 Å². The number of rotatable bonds is 4. The lowest BCUT2D eigenvalue weighted by Gasteiger charge is -2.29. The van der Waals surface area contributed by atoms with Crippen LogP contribution in [0.4, 0.5) is 0 Å². The molecule has 1 aromatic carbocycles. The van der Waals surface area contributed by atoms with E-state index in [0.717, 1.165) is 22.2 Å². The maximum Gasteiger partial charge on any atom is 0.0465 e. The molecule has 1 unspecified atom stereocenters. The lowest BCUT2D eigenvalue weighted by Crippen LogP contribution is -2.39. The summed E-state index contributed by atoms with van der Waals surface area (Å²) in [5.41, 5.74) is 1.09. The first-order valence-corrected chi connectivity index (χ1v) is 8.39. The monoisotopic (exact) mass is 312 g/mol. The SMILES string of the molecule is Clc1cccc(Cl)c1CN1CCCC1CN1CCCC1. The molecule has 0 aliphatic carbocycles. The van der Waals surface area contributed by atoms with Crippen LogP contribution in [0.5, 0.6) is 0 Å². The molecule has 0 N–H and O–H groups in total.